The molecule has 0 spiro atoms. The molecule has 12 heteroatoms. The van der Waals surface area contributed by atoms with Gasteiger partial charge in [-0.25, -0.2) is 9.59 Å². The van der Waals surface area contributed by atoms with Crippen molar-refractivity contribution in [1.82, 2.24) is 0 Å². The Morgan fingerprint density at radius 3 is 2.20 bits per heavy atom. The normalized spacial score (nSPS) is 40.7. The van der Waals surface area contributed by atoms with Crippen LogP contribution >= 0.6 is 0 Å². The third-order valence-corrected chi connectivity index (χ3v) is 10.7. The summed E-state index contributed by atoms with van der Waals surface area (Å²) in [5.74, 6) is -3.90. The van der Waals surface area contributed by atoms with Gasteiger partial charge in [0.25, 0.3) is 0 Å². The molecule has 4 aliphatic rings. The van der Waals surface area contributed by atoms with E-state index in [9.17, 15) is 34.5 Å². The third kappa shape index (κ3) is 4.33. The van der Waals surface area contributed by atoms with Gasteiger partial charge in [0, 0.05) is 25.2 Å². The van der Waals surface area contributed by atoms with Crippen LogP contribution in [0.15, 0.2) is 41.5 Å². The lowest BCUT2D eigenvalue weighted by molar-refractivity contribution is -0.345. The summed E-state index contributed by atoms with van der Waals surface area (Å²) in [4.78, 5) is 54.0. The number of rotatable bonds is 4. The van der Waals surface area contributed by atoms with Crippen LogP contribution in [0.25, 0.3) is 0 Å². The molecule has 1 aliphatic heterocycles. The highest BCUT2D eigenvalue weighted by atomic mass is 16.8. The van der Waals surface area contributed by atoms with Gasteiger partial charge in [-0.1, -0.05) is 32.0 Å². The average molecular weight is 617 g/mol. The first kappa shape index (κ1) is 32.1. The maximum absolute atomic E-state index is 14.9. The first-order chi connectivity index (χ1) is 20.4. The van der Waals surface area contributed by atoms with Gasteiger partial charge >= 0.3 is 18.1 Å². The first-order valence-corrected chi connectivity index (χ1v) is 14.6. The summed E-state index contributed by atoms with van der Waals surface area (Å²) in [5.41, 5.74) is -8.59. The molecule has 9 atom stereocenters. The highest BCUT2D eigenvalue weighted by molar-refractivity contribution is 5.95. The first-order valence-electron chi connectivity index (χ1n) is 14.6. The molecule has 1 heterocycles. The number of ketones is 1. The Morgan fingerprint density at radius 2 is 1.66 bits per heavy atom. The molecule has 0 aromatic heterocycles. The number of methoxy groups -OCH3 is 1. The van der Waals surface area contributed by atoms with E-state index in [4.69, 9.17) is 23.7 Å². The standard InChI is InChI=1S/C32H40O12/c1-16-21-22(42-17(2)33)24(35)30(6)19(34)13-20-31(15-41-20,44-27(37)40-7)23(30)25(43-26(36)18-11-9-8-10-12-18)32(39,28(21,3)4)14-29(16,5)38/h8-12,19-20,22-23,25,34,38-39H,13-15H2,1-7H3/t19-,20-,22-,23?,25+,29+,30-,31+,32-/m1/s1. The van der Waals surface area contributed by atoms with Crippen LogP contribution in [0, 0.1) is 16.7 Å². The maximum Gasteiger partial charge on any atom is 0.508 e. The Bertz CT molecular complexity index is 1420. The second-order valence-electron chi connectivity index (χ2n) is 13.4. The minimum atomic E-state index is -2.19. The van der Waals surface area contributed by atoms with Crippen molar-refractivity contribution >= 4 is 23.9 Å². The van der Waals surface area contributed by atoms with Crippen molar-refractivity contribution < 1.29 is 58.2 Å². The second kappa shape index (κ2) is 10.4. The minimum absolute atomic E-state index is 0.124. The van der Waals surface area contributed by atoms with E-state index in [2.05, 4.69) is 0 Å². The molecule has 3 fully saturated rings. The zero-order chi connectivity index (χ0) is 32.6. The summed E-state index contributed by atoms with van der Waals surface area (Å²) in [6.45, 7) is 8.52. The van der Waals surface area contributed by atoms with E-state index in [1.807, 2.05) is 0 Å². The summed E-state index contributed by atoms with van der Waals surface area (Å²) in [5, 5.41) is 36.6. The monoisotopic (exact) mass is 616 g/mol. The molecular formula is C32H40O12. The topological polar surface area (TPSA) is 175 Å². The number of ether oxygens (including phenoxy) is 5. The van der Waals surface area contributed by atoms with Crippen molar-refractivity contribution in [2.45, 2.75) is 95.6 Å². The SMILES string of the molecule is COC(=O)O[C@@]12CO[C@@H]1C[C@@H](O)[C@@]1(C)C(=O)[C@H](OC(C)=O)C3=C(C)[C@@](C)(O)C[C@@](O)([C@@H](OC(=O)c4ccccc4)C12)C3(C)C. The van der Waals surface area contributed by atoms with Gasteiger partial charge in [0.1, 0.15) is 17.8 Å². The fourth-order valence-electron chi connectivity index (χ4n) is 8.07. The highest BCUT2D eigenvalue weighted by Crippen LogP contribution is 2.65. The summed E-state index contributed by atoms with van der Waals surface area (Å²) in [6, 6.07) is 7.99. The fourth-order valence-corrected chi connectivity index (χ4v) is 8.07. The highest BCUT2D eigenvalue weighted by Gasteiger charge is 2.79. The van der Waals surface area contributed by atoms with Gasteiger partial charge in [-0.15, -0.1) is 0 Å². The Morgan fingerprint density at radius 1 is 1.02 bits per heavy atom. The van der Waals surface area contributed by atoms with Crippen LogP contribution in [0.3, 0.4) is 0 Å². The van der Waals surface area contributed by atoms with Crippen molar-refractivity contribution in [2.75, 3.05) is 13.7 Å². The third-order valence-electron chi connectivity index (χ3n) is 10.7. The van der Waals surface area contributed by atoms with E-state index in [0.29, 0.717) is 0 Å². The van der Waals surface area contributed by atoms with Gasteiger partial charge in [-0.3, -0.25) is 9.59 Å². The summed E-state index contributed by atoms with van der Waals surface area (Å²) < 4.78 is 28.4. The molecule has 3 aliphatic carbocycles. The molecule has 2 bridgehead atoms. The summed E-state index contributed by atoms with van der Waals surface area (Å²) in [6.07, 6.45) is -7.46. The minimum Gasteiger partial charge on any atom is -0.455 e. The van der Waals surface area contributed by atoms with Gasteiger partial charge in [-0.2, -0.15) is 0 Å². The lowest BCUT2D eigenvalue weighted by Crippen LogP contribution is -2.82. The molecule has 1 unspecified atom stereocenters. The van der Waals surface area contributed by atoms with Crippen LogP contribution in [0.4, 0.5) is 4.79 Å². The van der Waals surface area contributed by atoms with Crippen LogP contribution < -0.4 is 0 Å². The second-order valence-corrected chi connectivity index (χ2v) is 13.4. The number of carbonyl (C=O) groups excluding carboxylic acids is 4. The molecule has 1 aromatic carbocycles. The van der Waals surface area contributed by atoms with E-state index < -0.39 is 88.3 Å². The number of aliphatic hydroxyl groups excluding tert-OH is 1. The molecule has 0 radical (unpaired) electrons. The predicted molar refractivity (Wildman–Crippen MR) is 151 cm³/mol. The van der Waals surface area contributed by atoms with Crippen molar-refractivity contribution in [3.8, 4) is 0 Å². The Hall–Kier alpha value is -3.32. The number of fused-ring (bicyclic) bond motifs is 5. The van der Waals surface area contributed by atoms with Gasteiger partial charge in [0.05, 0.1) is 42.3 Å². The lowest BCUT2D eigenvalue weighted by atomic mass is 9.44. The fraction of sp³-hybridized carbons (Fsp3) is 0.625. The average Bonchev–Trinajstić information content (AvgIpc) is 2.94. The molecule has 0 amide bonds. The number of aliphatic hydroxyl groups is 3. The van der Waals surface area contributed by atoms with Crippen LogP contribution in [0.1, 0.15) is 64.7 Å². The molecule has 5 rings (SSSR count). The van der Waals surface area contributed by atoms with E-state index in [-0.39, 0.29) is 29.7 Å². The van der Waals surface area contributed by atoms with Gasteiger partial charge in [0.15, 0.2) is 17.5 Å². The molecule has 240 valence electrons. The molecule has 2 saturated carbocycles. The van der Waals surface area contributed by atoms with E-state index in [1.165, 1.54) is 26.0 Å². The maximum atomic E-state index is 14.9. The number of Topliss-reactive ketones (excluding diaryl/α,β-unsaturated/α-hetero) is 1. The molecular weight excluding hydrogens is 576 g/mol. The smallest absolute Gasteiger partial charge is 0.455 e. The zero-order valence-corrected chi connectivity index (χ0v) is 25.9. The van der Waals surface area contributed by atoms with Gasteiger partial charge in [-0.05, 0) is 44.1 Å². The van der Waals surface area contributed by atoms with E-state index >= 15 is 0 Å². The molecule has 12 nitrogen and oxygen atoms in total. The summed E-state index contributed by atoms with van der Waals surface area (Å²) >= 11 is 0. The molecule has 1 aromatic rings. The Labute approximate surface area is 255 Å². The molecule has 3 N–H and O–H groups in total. The van der Waals surface area contributed by atoms with Crippen LogP contribution in [-0.2, 0) is 33.3 Å². The van der Waals surface area contributed by atoms with Crippen LogP contribution in [0.5, 0.6) is 0 Å². The quantitative estimate of drug-likeness (QED) is 0.256. The summed E-state index contributed by atoms with van der Waals surface area (Å²) in [7, 11) is 1.10. The number of carbonyl (C=O) groups is 4. The number of benzene rings is 1. The largest absolute Gasteiger partial charge is 0.508 e. The predicted octanol–water partition coefficient (Wildman–Crippen LogP) is 2.26. The number of hydrogen-bond acceptors (Lipinski definition) is 12. The van der Waals surface area contributed by atoms with E-state index in [1.54, 1.807) is 39.0 Å². The van der Waals surface area contributed by atoms with Gasteiger partial charge < -0.3 is 39.0 Å². The number of hydrogen-bond donors (Lipinski definition) is 3. The zero-order valence-electron chi connectivity index (χ0n) is 25.9. The molecule has 1 saturated heterocycles. The van der Waals surface area contributed by atoms with Crippen molar-refractivity contribution in [3.63, 3.8) is 0 Å². The van der Waals surface area contributed by atoms with Crippen LogP contribution in [0.2, 0.25) is 0 Å². The molecule has 44 heavy (non-hydrogen) atoms. The lowest BCUT2D eigenvalue weighted by Gasteiger charge is -2.67. The van der Waals surface area contributed by atoms with Crippen molar-refractivity contribution in [2.24, 2.45) is 16.7 Å². The Balaban J connectivity index is 1.86. The number of esters is 2. The van der Waals surface area contributed by atoms with Crippen molar-refractivity contribution in [1.29, 1.82) is 0 Å². The Kier molecular flexibility index (Phi) is 7.56. The van der Waals surface area contributed by atoms with Gasteiger partial charge in [0.2, 0.25) is 0 Å². The van der Waals surface area contributed by atoms with E-state index in [0.717, 1.165) is 14.0 Å². The van der Waals surface area contributed by atoms with Crippen LogP contribution in [-0.4, -0.2) is 94.1 Å². The van der Waals surface area contributed by atoms with Crippen molar-refractivity contribution in [3.05, 3.63) is 47.0 Å².